The highest BCUT2D eigenvalue weighted by Crippen LogP contribution is 2.43. The zero-order chi connectivity index (χ0) is 25.8. The fraction of sp³-hybridized carbons (Fsp3) is 0.429. The van der Waals surface area contributed by atoms with Crippen LogP contribution in [0.25, 0.3) is 5.76 Å². The van der Waals surface area contributed by atoms with E-state index in [-0.39, 0.29) is 16.7 Å². The smallest absolute Gasteiger partial charge is 0.295 e. The minimum atomic E-state index is -0.785. The van der Waals surface area contributed by atoms with E-state index in [0.29, 0.717) is 43.1 Å². The number of aliphatic hydroxyl groups excluding tert-OH is 1. The second-order valence-corrected chi connectivity index (χ2v) is 9.47. The lowest BCUT2D eigenvalue weighted by atomic mass is 9.84. The number of carbonyl (C=O) groups is 2. The van der Waals surface area contributed by atoms with Gasteiger partial charge in [-0.2, -0.15) is 0 Å². The van der Waals surface area contributed by atoms with E-state index in [2.05, 4.69) is 20.8 Å². The molecule has 1 aliphatic heterocycles. The average Bonchev–Trinajstić information content (AvgIpc) is 3.08. The van der Waals surface area contributed by atoms with Crippen molar-refractivity contribution >= 4 is 17.4 Å². The van der Waals surface area contributed by atoms with Gasteiger partial charge in [-0.3, -0.25) is 9.59 Å². The highest BCUT2D eigenvalue weighted by Gasteiger charge is 2.46. The second-order valence-electron chi connectivity index (χ2n) is 9.47. The molecular formula is C28H35NO6. The van der Waals surface area contributed by atoms with Gasteiger partial charge in [-0.05, 0) is 43.0 Å². The van der Waals surface area contributed by atoms with Crippen molar-refractivity contribution in [1.82, 2.24) is 4.90 Å². The number of hydrogen-bond donors (Lipinski definition) is 1. The van der Waals surface area contributed by atoms with Crippen molar-refractivity contribution in [3.8, 4) is 11.5 Å². The minimum Gasteiger partial charge on any atom is -0.507 e. The van der Waals surface area contributed by atoms with Gasteiger partial charge >= 0.3 is 0 Å². The molecule has 0 bridgehead atoms. The van der Waals surface area contributed by atoms with Crippen molar-refractivity contribution in [2.24, 2.45) is 0 Å². The van der Waals surface area contributed by atoms with Gasteiger partial charge in [-0.25, -0.2) is 0 Å². The topological polar surface area (TPSA) is 85.3 Å². The highest BCUT2D eigenvalue weighted by molar-refractivity contribution is 6.46. The summed E-state index contributed by atoms with van der Waals surface area (Å²) in [7, 11) is 3.13. The number of benzene rings is 2. The number of amides is 1. The molecule has 0 spiro atoms. The Kier molecular flexibility index (Phi) is 8.22. The summed E-state index contributed by atoms with van der Waals surface area (Å²) in [6.45, 7) is 9.33. The van der Waals surface area contributed by atoms with Gasteiger partial charge in [0.05, 0.1) is 25.3 Å². The number of hydrogen-bond acceptors (Lipinski definition) is 6. The van der Waals surface area contributed by atoms with Gasteiger partial charge in [0.2, 0.25) is 0 Å². The predicted octanol–water partition coefficient (Wildman–Crippen LogP) is 4.85. The number of ether oxygens (including phenoxy) is 3. The van der Waals surface area contributed by atoms with Crippen LogP contribution in [-0.2, 0) is 19.7 Å². The van der Waals surface area contributed by atoms with Gasteiger partial charge in [0.15, 0.2) is 0 Å². The molecule has 1 amide bonds. The monoisotopic (exact) mass is 481 g/mol. The fourth-order valence-electron chi connectivity index (χ4n) is 4.41. The van der Waals surface area contributed by atoms with Crippen LogP contribution in [0.5, 0.6) is 11.5 Å². The van der Waals surface area contributed by atoms with E-state index in [4.69, 9.17) is 14.2 Å². The Balaban J connectivity index is 2.21. The van der Waals surface area contributed by atoms with E-state index in [1.54, 1.807) is 25.3 Å². The molecule has 1 heterocycles. The molecule has 7 nitrogen and oxygen atoms in total. The summed E-state index contributed by atoms with van der Waals surface area (Å²) >= 11 is 0. The number of ketones is 1. The van der Waals surface area contributed by atoms with Gasteiger partial charge < -0.3 is 24.2 Å². The molecule has 2 aromatic rings. The van der Waals surface area contributed by atoms with E-state index in [1.807, 2.05) is 31.2 Å². The number of rotatable bonds is 9. The molecule has 2 aromatic carbocycles. The Morgan fingerprint density at radius 3 is 2.40 bits per heavy atom. The van der Waals surface area contributed by atoms with Crippen molar-refractivity contribution in [3.05, 3.63) is 64.7 Å². The third-order valence-corrected chi connectivity index (χ3v) is 6.08. The van der Waals surface area contributed by atoms with Gasteiger partial charge in [0.1, 0.15) is 17.3 Å². The molecule has 0 saturated carbocycles. The maximum Gasteiger partial charge on any atom is 0.295 e. The Hall–Kier alpha value is -3.32. The molecule has 1 unspecified atom stereocenters. The molecule has 0 aromatic heterocycles. The molecule has 1 aliphatic rings. The summed E-state index contributed by atoms with van der Waals surface area (Å²) in [5.41, 5.74) is 1.76. The lowest BCUT2D eigenvalue weighted by Gasteiger charge is -2.27. The largest absolute Gasteiger partial charge is 0.507 e. The first kappa shape index (κ1) is 26.3. The first-order valence-corrected chi connectivity index (χ1v) is 11.8. The van der Waals surface area contributed by atoms with Gasteiger partial charge in [-0.1, -0.05) is 39.0 Å². The molecule has 188 valence electrons. The molecule has 1 fully saturated rings. The van der Waals surface area contributed by atoms with Crippen LogP contribution in [0.3, 0.4) is 0 Å². The lowest BCUT2D eigenvalue weighted by molar-refractivity contribution is -0.140. The summed E-state index contributed by atoms with van der Waals surface area (Å²) in [5.74, 6) is -0.341. The highest BCUT2D eigenvalue weighted by atomic mass is 16.5. The maximum atomic E-state index is 13.3. The number of aliphatic hydroxyl groups is 1. The van der Waals surface area contributed by atoms with Crippen LogP contribution in [0.4, 0.5) is 0 Å². The third kappa shape index (κ3) is 5.35. The lowest BCUT2D eigenvalue weighted by Crippen LogP contribution is -2.31. The molecule has 1 atom stereocenters. The Labute approximate surface area is 207 Å². The summed E-state index contributed by atoms with van der Waals surface area (Å²) in [6, 6.07) is 11.8. The second kappa shape index (κ2) is 11.0. The van der Waals surface area contributed by atoms with Crippen molar-refractivity contribution in [1.29, 1.82) is 0 Å². The number of Topliss-reactive ketones (excluding diaryl/α,β-unsaturated/α-hetero) is 1. The average molecular weight is 482 g/mol. The number of nitrogens with zero attached hydrogens (tertiary/aromatic N) is 1. The zero-order valence-corrected chi connectivity index (χ0v) is 21.4. The van der Waals surface area contributed by atoms with Crippen molar-refractivity contribution in [3.63, 3.8) is 0 Å². The third-order valence-electron chi connectivity index (χ3n) is 6.08. The van der Waals surface area contributed by atoms with E-state index < -0.39 is 17.7 Å². The first-order valence-electron chi connectivity index (χ1n) is 11.8. The van der Waals surface area contributed by atoms with Crippen LogP contribution >= 0.6 is 0 Å². The van der Waals surface area contributed by atoms with Gasteiger partial charge in [-0.15, -0.1) is 0 Å². The molecular weight excluding hydrogens is 446 g/mol. The van der Waals surface area contributed by atoms with Crippen molar-refractivity contribution in [2.75, 3.05) is 34.0 Å². The van der Waals surface area contributed by atoms with Gasteiger partial charge in [0, 0.05) is 37.0 Å². The maximum absolute atomic E-state index is 13.3. The van der Waals surface area contributed by atoms with E-state index >= 15 is 0 Å². The molecule has 1 saturated heterocycles. The SMILES string of the molecule is CCOc1ccc(/C(O)=C2\C(=O)C(=O)N(CCCOC)C2c2ccccc2OC)cc1C(C)(C)C. The van der Waals surface area contributed by atoms with Crippen LogP contribution in [-0.4, -0.2) is 55.7 Å². The quantitative estimate of drug-likeness (QED) is 0.239. The number of likely N-dealkylation sites (tertiary alicyclic amines) is 1. The Morgan fingerprint density at radius 2 is 1.77 bits per heavy atom. The first-order chi connectivity index (χ1) is 16.6. The van der Waals surface area contributed by atoms with Crippen molar-refractivity contribution < 1.29 is 28.9 Å². The fourth-order valence-corrected chi connectivity index (χ4v) is 4.41. The Bertz CT molecular complexity index is 1110. The molecule has 35 heavy (non-hydrogen) atoms. The summed E-state index contributed by atoms with van der Waals surface area (Å²) in [4.78, 5) is 27.9. The van der Waals surface area contributed by atoms with Gasteiger partial charge in [0.25, 0.3) is 11.7 Å². The van der Waals surface area contributed by atoms with Crippen LogP contribution < -0.4 is 9.47 Å². The summed E-state index contributed by atoms with van der Waals surface area (Å²) in [6.07, 6.45) is 0.548. The number of methoxy groups -OCH3 is 2. The predicted molar refractivity (Wildman–Crippen MR) is 135 cm³/mol. The molecule has 7 heteroatoms. The standard InChI is InChI=1S/C28H35NO6/c1-7-35-22-14-13-18(17-20(22)28(2,3)4)25(30)23-24(19-11-8-9-12-21(19)34-6)29(15-10-16-33-5)27(32)26(23)31/h8-9,11-14,17,24,30H,7,10,15-16H2,1-6H3/b25-23+. The minimum absolute atomic E-state index is 0.0425. The zero-order valence-electron chi connectivity index (χ0n) is 21.4. The van der Waals surface area contributed by atoms with Crippen LogP contribution in [0.1, 0.15) is 56.8 Å². The summed E-state index contributed by atoms with van der Waals surface area (Å²) < 4.78 is 16.5. The normalized spacial score (nSPS) is 17.7. The molecule has 3 rings (SSSR count). The van der Waals surface area contributed by atoms with Crippen LogP contribution in [0.2, 0.25) is 0 Å². The van der Waals surface area contributed by atoms with E-state index in [1.165, 1.54) is 12.0 Å². The van der Waals surface area contributed by atoms with Crippen molar-refractivity contribution in [2.45, 2.75) is 45.6 Å². The summed E-state index contributed by atoms with van der Waals surface area (Å²) in [5, 5.41) is 11.5. The Morgan fingerprint density at radius 1 is 1.06 bits per heavy atom. The van der Waals surface area contributed by atoms with E-state index in [9.17, 15) is 14.7 Å². The molecule has 0 radical (unpaired) electrons. The number of carbonyl (C=O) groups excluding carboxylic acids is 2. The van der Waals surface area contributed by atoms with Crippen LogP contribution in [0, 0.1) is 0 Å². The van der Waals surface area contributed by atoms with Crippen LogP contribution in [0.15, 0.2) is 48.0 Å². The van der Waals surface area contributed by atoms with E-state index in [0.717, 1.165) is 11.3 Å². The number of para-hydroxylation sites is 1. The molecule has 0 aliphatic carbocycles. The molecule has 1 N–H and O–H groups in total.